The van der Waals surface area contributed by atoms with Crippen molar-refractivity contribution >= 4 is 17.6 Å². The molecule has 98 valence electrons. The maximum Gasteiger partial charge on any atom is 0.336 e. The first-order valence-electron chi connectivity index (χ1n) is 5.05. The first-order chi connectivity index (χ1) is 8.47. The molecule has 0 spiro atoms. The number of nitrogen functional groups attached to an aromatic ring is 1. The van der Waals surface area contributed by atoms with Crippen molar-refractivity contribution in [2.75, 3.05) is 19.4 Å². The zero-order valence-corrected chi connectivity index (χ0v) is 9.64. The SMILES string of the molecule is COC(=O)C(O)CNC(=O)c1cccc(F)c1N. The molecule has 4 N–H and O–H groups in total. The highest BCUT2D eigenvalue weighted by molar-refractivity contribution is 5.99. The molecule has 0 aliphatic rings. The van der Waals surface area contributed by atoms with Gasteiger partial charge in [-0.3, -0.25) is 4.79 Å². The molecule has 0 saturated heterocycles. The quantitative estimate of drug-likeness (QED) is 0.506. The molecule has 1 aromatic rings. The van der Waals surface area contributed by atoms with Gasteiger partial charge in [0.2, 0.25) is 0 Å². The largest absolute Gasteiger partial charge is 0.467 e. The van der Waals surface area contributed by atoms with Crippen LogP contribution in [-0.4, -0.2) is 36.7 Å². The number of nitrogens with one attached hydrogen (secondary N) is 1. The zero-order chi connectivity index (χ0) is 13.7. The number of nitrogens with two attached hydrogens (primary N) is 1. The monoisotopic (exact) mass is 256 g/mol. The minimum atomic E-state index is -1.48. The van der Waals surface area contributed by atoms with E-state index in [1.807, 2.05) is 0 Å². The number of carbonyl (C=O) groups is 2. The Balaban J connectivity index is 2.66. The van der Waals surface area contributed by atoms with Gasteiger partial charge in [-0.25, -0.2) is 9.18 Å². The molecule has 0 bridgehead atoms. The van der Waals surface area contributed by atoms with Crippen molar-refractivity contribution in [3.63, 3.8) is 0 Å². The average Bonchev–Trinajstić information content (AvgIpc) is 2.37. The molecule has 7 heteroatoms. The molecule has 1 aromatic carbocycles. The number of esters is 1. The van der Waals surface area contributed by atoms with Crippen LogP contribution in [0.25, 0.3) is 0 Å². The molecular weight excluding hydrogens is 243 g/mol. The summed E-state index contributed by atoms with van der Waals surface area (Å²) >= 11 is 0. The Bertz CT molecular complexity index is 464. The molecule has 1 unspecified atom stereocenters. The van der Waals surface area contributed by atoms with Gasteiger partial charge in [0.25, 0.3) is 5.91 Å². The second kappa shape index (κ2) is 5.97. The van der Waals surface area contributed by atoms with Crippen LogP contribution in [0.4, 0.5) is 10.1 Å². The van der Waals surface area contributed by atoms with Gasteiger partial charge in [-0.15, -0.1) is 0 Å². The van der Waals surface area contributed by atoms with Crippen LogP contribution in [0.2, 0.25) is 0 Å². The highest BCUT2D eigenvalue weighted by atomic mass is 19.1. The Hall–Kier alpha value is -2.15. The Morgan fingerprint density at radius 3 is 2.83 bits per heavy atom. The second-order valence-electron chi connectivity index (χ2n) is 3.45. The summed E-state index contributed by atoms with van der Waals surface area (Å²) in [6, 6.07) is 3.78. The molecule has 18 heavy (non-hydrogen) atoms. The standard InChI is InChI=1S/C11H13FN2O4/c1-18-11(17)8(15)5-14-10(16)6-3-2-4-7(12)9(6)13/h2-4,8,15H,5,13H2,1H3,(H,14,16). The molecule has 1 rings (SSSR count). The fourth-order valence-electron chi connectivity index (χ4n) is 1.24. The van der Waals surface area contributed by atoms with Crippen molar-refractivity contribution < 1.29 is 23.8 Å². The van der Waals surface area contributed by atoms with E-state index >= 15 is 0 Å². The number of halogens is 1. The van der Waals surface area contributed by atoms with Crippen LogP contribution in [-0.2, 0) is 9.53 Å². The van der Waals surface area contributed by atoms with Crippen molar-refractivity contribution in [2.45, 2.75) is 6.10 Å². The third-order valence-electron chi connectivity index (χ3n) is 2.23. The van der Waals surface area contributed by atoms with Gasteiger partial charge in [-0.05, 0) is 12.1 Å². The Kier molecular flexibility index (Phi) is 4.61. The molecule has 0 saturated carbocycles. The lowest BCUT2D eigenvalue weighted by molar-refractivity contribution is -0.149. The molecule has 0 heterocycles. The maximum absolute atomic E-state index is 13.1. The van der Waals surface area contributed by atoms with E-state index in [9.17, 15) is 19.1 Å². The van der Waals surface area contributed by atoms with Gasteiger partial charge in [0.05, 0.1) is 24.9 Å². The predicted molar refractivity (Wildman–Crippen MR) is 61.2 cm³/mol. The summed E-state index contributed by atoms with van der Waals surface area (Å²) in [6.07, 6.45) is -1.48. The third-order valence-corrected chi connectivity index (χ3v) is 2.23. The van der Waals surface area contributed by atoms with Crippen LogP contribution >= 0.6 is 0 Å². The van der Waals surface area contributed by atoms with E-state index < -0.39 is 23.8 Å². The number of para-hydroxylation sites is 1. The molecule has 0 aliphatic carbocycles. The highest BCUT2D eigenvalue weighted by Gasteiger charge is 2.18. The predicted octanol–water partition coefficient (Wildman–Crippen LogP) is -0.328. The number of aliphatic hydroxyl groups excluding tert-OH is 1. The van der Waals surface area contributed by atoms with E-state index in [4.69, 9.17) is 5.73 Å². The van der Waals surface area contributed by atoms with Gasteiger partial charge in [0, 0.05) is 0 Å². The van der Waals surface area contributed by atoms with Crippen LogP contribution in [0.1, 0.15) is 10.4 Å². The lowest BCUT2D eigenvalue weighted by atomic mass is 10.1. The summed E-state index contributed by atoms with van der Waals surface area (Å²) in [5.74, 6) is -2.27. The van der Waals surface area contributed by atoms with E-state index in [2.05, 4.69) is 10.1 Å². The summed E-state index contributed by atoms with van der Waals surface area (Å²) in [5.41, 5.74) is 5.03. The van der Waals surface area contributed by atoms with E-state index in [1.54, 1.807) is 0 Å². The molecule has 6 nitrogen and oxygen atoms in total. The maximum atomic E-state index is 13.1. The first kappa shape index (κ1) is 13.9. The van der Waals surface area contributed by atoms with Gasteiger partial charge in [-0.1, -0.05) is 6.07 Å². The zero-order valence-electron chi connectivity index (χ0n) is 9.64. The van der Waals surface area contributed by atoms with E-state index in [0.29, 0.717) is 0 Å². The number of carbonyl (C=O) groups excluding carboxylic acids is 2. The van der Waals surface area contributed by atoms with E-state index in [0.717, 1.165) is 13.2 Å². The number of amides is 1. The Labute approximate surface area is 103 Å². The lowest BCUT2D eigenvalue weighted by Crippen LogP contribution is -2.37. The highest BCUT2D eigenvalue weighted by Crippen LogP contribution is 2.15. The van der Waals surface area contributed by atoms with Gasteiger partial charge < -0.3 is 20.9 Å². The number of ether oxygens (including phenoxy) is 1. The Morgan fingerprint density at radius 1 is 1.56 bits per heavy atom. The molecular formula is C11H13FN2O4. The van der Waals surface area contributed by atoms with Crippen molar-refractivity contribution in [2.24, 2.45) is 0 Å². The molecule has 0 radical (unpaired) electrons. The van der Waals surface area contributed by atoms with Gasteiger partial charge in [-0.2, -0.15) is 0 Å². The lowest BCUT2D eigenvalue weighted by Gasteiger charge is -2.11. The van der Waals surface area contributed by atoms with Gasteiger partial charge in [0.1, 0.15) is 5.82 Å². The summed E-state index contributed by atoms with van der Waals surface area (Å²) in [4.78, 5) is 22.5. The van der Waals surface area contributed by atoms with Crippen molar-refractivity contribution in [1.82, 2.24) is 5.32 Å². The third kappa shape index (κ3) is 3.17. The number of aliphatic hydroxyl groups is 1. The minimum Gasteiger partial charge on any atom is -0.467 e. The number of hydrogen-bond acceptors (Lipinski definition) is 5. The van der Waals surface area contributed by atoms with Crippen molar-refractivity contribution in [3.8, 4) is 0 Å². The van der Waals surface area contributed by atoms with Crippen LogP contribution in [0, 0.1) is 5.82 Å². The van der Waals surface area contributed by atoms with E-state index in [1.165, 1.54) is 12.1 Å². The molecule has 1 atom stereocenters. The number of benzene rings is 1. The number of anilines is 1. The fraction of sp³-hybridized carbons (Fsp3) is 0.273. The molecule has 0 aromatic heterocycles. The van der Waals surface area contributed by atoms with Crippen molar-refractivity contribution in [1.29, 1.82) is 0 Å². The van der Waals surface area contributed by atoms with E-state index in [-0.39, 0.29) is 17.8 Å². The van der Waals surface area contributed by atoms with Gasteiger partial charge in [0.15, 0.2) is 6.10 Å². The number of rotatable bonds is 4. The Morgan fingerprint density at radius 2 is 2.22 bits per heavy atom. The summed E-state index contributed by atoms with van der Waals surface area (Å²) in [5, 5.41) is 11.5. The summed E-state index contributed by atoms with van der Waals surface area (Å²) in [6.45, 7) is -0.346. The second-order valence-corrected chi connectivity index (χ2v) is 3.45. The molecule has 0 aliphatic heterocycles. The van der Waals surface area contributed by atoms with Gasteiger partial charge >= 0.3 is 5.97 Å². The minimum absolute atomic E-state index is 0.0629. The molecule has 1 amide bonds. The first-order valence-corrected chi connectivity index (χ1v) is 5.05. The smallest absolute Gasteiger partial charge is 0.336 e. The average molecular weight is 256 g/mol. The van der Waals surface area contributed by atoms with Crippen LogP contribution < -0.4 is 11.1 Å². The van der Waals surface area contributed by atoms with Crippen LogP contribution in [0.15, 0.2) is 18.2 Å². The number of hydrogen-bond donors (Lipinski definition) is 3. The van der Waals surface area contributed by atoms with Crippen molar-refractivity contribution in [3.05, 3.63) is 29.6 Å². The molecule has 0 fully saturated rings. The number of methoxy groups -OCH3 is 1. The fourth-order valence-corrected chi connectivity index (χ4v) is 1.24. The normalized spacial score (nSPS) is 11.7. The van der Waals surface area contributed by atoms with Crippen LogP contribution in [0.5, 0.6) is 0 Å². The topological polar surface area (TPSA) is 102 Å². The summed E-state index contributed by atoms with van der Waals surface area (Å²) < 4.78 is 17.4. The summed E-state index contributed by atoms with van der Waals surface area (Å²) in [7, 11) is 1.11. The van der Waals surface area contributed by atoms with Crippen LogP contribution in [0.3, 0.4) is 0 Å².